The second kappa shape index (κ2) is 6.61. The van der Waals surface area contributed by atoms with Gasteiger partial charge in [-0.1, -0.05) is 25.9 Å². The van der Waals surface area contributed by atoms with Crippen molar-refractivity contribution in [1.82, 2.24) is 20.1 Å². The summed E-state index contributed by atoms with van der Waals surface area (Å²) in [5.74, 6) is 2.88. The number of aliphatic hydroxyl groups is 1. The molecule has 2 aromatic heterocycles. The highest BCUT2D eigenvalue weighted by Crippen LogP contribution is 2.41. The number of nitrogens with one attached hydrogen (secondary N) is 1. The summed E-state index contributed by atoms with van der Waals surface area (Å²) in [6.07, 6.45) is 5.22. The van der Waals surface area contributed by atoms with E-state index in [1.807, 2.05) is 6.07 Å². The molecule has 2 saturated carbocycles. The van der Waals surface area contributed by atoms with Gasteiger partial charge in [0.2, 0.25) is 11.8 Å². The maximum absolute atomic E-state index is 10.4. The van der Waals surface area contributed by atoms with E-state index in [4.69, 9.17) is 4.52 Å². The highest BCUT2D eigenvalue weighted by atomic mass is 16.5. The molecule has 2 aliphatic rings. The predicted octanol–water partition coefficient (Wildman–Crippen LogP) is 3.00. The number of hydrogen-bond donors (Lipinski definition) is 2. The van der Waals surface area contributed by atoms with Gasteiger partial charge in [-0.15, -0.1) is 0 Å². The van der Waals surface area contributed by atoms with E-state index < -0.39 is 0 Å². The first-order valence-electron chi connectivity index (χ1n) is 9.49. The van der Waals surface area contributed by atoms with Crippen molar-refractivity contribution in [2.24, 2.45) is 5.92 Å². The summed E-state index contributed by atoms with van der Waals surface area (Å²) in [7, 11) is 0. The average Bonchev–Trinajstić information content (AvgIpc) is 3.21. The second-order valence-corrected chi connectivity index (χ2v) is 8.66. The molecule has 0 saturated heterocycles. The Morgan fingerprint density at radius 1 is 1.19 bits per heavy atom. The molecule has 140 valence electrons. The third-order valence-corrected chi connectivity index (χ3v) is 5.35. The molecule has 0 aliphatic heterocycles. The number of nitrogens with zero attached hydrogens (tertiary/aromatic N) is 4. The summed E-state index contributed by atoms with van der Waals surface area (Å²) in [5.41, 5.74) is 0.979. The number of aliphatic hydroxyl groups excluding tert-OH is 1. The van der Waals surface area contributed by atoms with E-state index in [1.165, 1.54) is 0 Å². The lowest BCUT2D eigenvalue weighted by atomic mass is 9.92. The SMILES string of the molecule is CC(C)(C)c1ccnc(NC[C@H]2C[C@H](c3nc(C4CC4)no3)C[C@H]2O)n1. The van der Waals surface area contributed by atoms with Crippen LogP contribution in [0.4, 0.5) is 5.95 Å². The van der Waals surface area contributed by atoms with E-state index in [9.17, 15) is 5.11 Å². The zero-order valence-corrected chi connectivity index (χ0v) is 15.6. The largest absolute Gasteiger partial charge is 0.393 e. The van der Waals surface area contributed by atoms with E-state index in [0.717, 1.165) is 30.8 Å². The molecule has 0 spiro atoms. The maximum atomic E-state index is 10.4. The Morgan fingerprint density at radius 2 is 2.00 bits per heavy atom. The van der Waals surface area contributed by atoms with Gasteiger partial charge in [-0.05, 0) is 31.7 Å². The molecule has 3 atom stereocenters. The molecule has 2 aromatic rings. The summed E-state index contributed by atoms with van der Waals surface area (Å²) >= 11 is 0. The Kier molecular flexibility index (Phi) is 4.42. The molecule has 2 fully saturated rings. The van der Waals surface area contributed by atoms with E-state index in [-0.39, 0.29) is 23.4 Å². The fourth-order valence-corrected chi connectivity index (χ4v) is 3.53. The first-order chi connectivity index (χ1) is 12.4. The first kappa shape index (κ1) is 17.4. The van der Waals surface area contributed by atoms with E-state index in [2.05, 4.69) is 46.2 Å². The summed E-state index contributed by atoms with van der Waals surface area (Å²) in [6.45, 7) is 7.02. The molecule has 0 amide bonds. The Hall–Kier alpha value is -2.02. The van der Waals surface area contributed by atoms with Crippen LogP contribution in [-0.2, 0) is 5.41 Å². The molecule has 0 radical (unpaired) electrons. The van der Waals surface area contributed by atoms with Crippen molar-refractivity contribution in [3.8, 4) is 0 Å². The van der Waals surface area contributed by atoms with Crippen LogP contribution in [-0.4, -0.2) is 37.9 Å². The monoisotopic (exact) mass is 357 g/mol. The van der Waals surface area contributed by atoms with Crippen LogP contribution in [0, 0.1) is 5.92 Å². The van der Waals surface area contributed by atoms with Gasteiger partial charge >= 0.3 is 0 Å². The normalized spacial score (nSPS) is 26.2. The van der Waals surface area contributed by atoms with Gasteiger partial charge in [-0.3, -0.25) is 0 Å². The van der Waals surface area contributed by atoms with Gasteiger partial charge < -0.3 is 14.9 Å². The number of rotatable bonds is 5. The molecule has 0 bridgehead atoms. The zero-order chi connectivity index (χ0) is 18.3. The van der Waals surface area contributed by atoms with E-state index >= 15 is 0 Å². The van der Waals surface area contributed by atoms with Crippen LogP contribution in [0.5, 0.6) is 0 Å². The molecular formula is C19H27N5O2. The molecule has 2 aliphatic carbocycles. The van der Waals surface area contributed by atoms with Gasteiger partial charge in [0.05, 0.1) is 11.8 Å². The Bertz CT molecular complexity index is 765. The number of aromatic nitrogens is 4. The molecule has 2 heterocycles. The Balaban J connectivity index is 1.36. The van der Waals surface area contributed by atoms with Crippen LogP contribution in [0.2, 0.25) is 0 Å². The minimum atomic E-state index is -0.380. The smallest absolute Gasteiger partial charge is 0.229 e. The highest BCUT2D eigenvalue weighted by Gasteiger charge is 2.38. The fraction of sp³-hybridized carbons (Fsp3) is 0.684. The summed E-state index contributed by atoms with van der Waals surface area (Å²) in [5, 5.41) is 17.8. The van der Waals surface area contributed by atoms with Crippen LogP contribution in [0.1, 0.15) is 75.7 Å². The van der Waals surface area contributed by atoms with Crippen molar-refractivity contribution in [2.75, 3.05) is 11.9 Å². The molecule has 2 N–H and O–H groups in total. The van der Waals surface area contributed by atoms with Crippen molar-refractivity contribution < 1.29 is 9.63 Å². The minimum Gasteiger partial charge on any atom is -0.393 e. The van der Waals surface area contributed by atoms with E-state index in [0.29, 0.717) is 30.7 Å². The highest BCUT2D eigenvalue weighted by molar-refractivity contribution is 5.28. The first-order valence-corrected chi connectivity index (χ1v) is 9.49. The molecule has 7 nitrogen and oxygen atoms in total. The fourth-order valence-electron chi connectivity index (χ4n) is 3.53. The van der Waals surface area contributed by atoms with Crippen molar-refractivity contribution in [3.05, 3.63) is 29.7 Å². The lowest BCUT2D eigenvalue weighted by Crippen LogP contribution is -2.23. The summed E-state index contributed by atoms with van der Waals surface area (Å²) < 4.78 is 5.45. The van der Waals surface area contributed by atoms with Crippen LogP contribution in [0.3, 0.4) is 0 Å². The maximum Gasteiger partial charge on any atom is 0.229 e. The predicted molar refractivity (Wildman–Crippen MR) is 97.0 cm³/mol. The van der Waals surface area contributed by atoms with Crippen molar-refractivity contribution in [3.63, 3.8) is 0 Å². The van der Waals surface area contributed by atoms with Crippen LogP contribution in [0.25, 0.3) is 0 Å². The molecule has 7 heteroatoms. The van der Waals surface area contributed by atoms with Crippen LogP contribution in [0.15, 0.2) is 16.8 Å². The van der Waals surface area contributed by atoms with Crippen molar-refractivity contribution in [1.29, 1.82) is 0 Å². The quantitative estimate of drug-likeness (QED) is 0.849. The summed E-state index contributed by atoms with van der Waals surface area (Å²) in [6, 6.07) is 1.94. The standard InChI is InChI=1S/C19H27N5O2/c1-19(2,3)15-6-7-20-18(22-15)21-10-13-8-12(9-14(13)25)17-23-16(24-26-17)11-4-5-11/h6-7,11-14,25H,4-5,8-10H2,1-3H3,(H,20,21,22)/t12-,13+,14+/m0/s1. The minimum absolute atomic E-state index is 0.0193. The van der Waals surface area contributed by atoms with Gasteiger partial charge in [0.1, 0.15) is 0 Å². The van der Waals surface area contributed by atoms with E-state index in [1.54, 1.807) is 6.20 Å². The molecular weight excluding hydrogens is 330 g/mol. The van der Waals surface area contributed by atoms with Gasteiger partial charge in [0.25, 0.3) is 0 Å². The molecule has 0 aromatic carbocycles. The lowest BCUT2D eigenvalue weighted by Gasteiger charge is -2.19. The van der Waals surface area contributed by atoms with Crippen molar-refractivity contribution in [2.45, 2.75) is 69.8 Å². The van der Waals surface area contributed by atoms with Gasteiger partial charge in [-0.25, -0.2) is 9.97 Å². The van der Waals surface area contributed by atoms with Gasteiger partial charge in [-0.2, -0.15) is 4.98 Å². The van der Waals surface area contributed by atoms with Gasteiger partial charge in [0.15, 0.2) is 5.82 Å². The Labute approximate surface area is 153 Å². The Morgan fingerprint density at radius 3 is 2.73 bits per heavy atom. The van der Waals surface area contributed by atoms with Gasteiger partial charge in [0, 0.05) is 35.9 Å². The molecule has 26 heavy (non-hydrogen) atoms. The molecule has 4 rings (SSSR count). The lowest BCUT2D eigenvalue weighted by molar-refractivity contribution is 0.137. The topological polar surface area (TPSA) is 97.0 Å². The zero-order valence-electron chi connectivity index (χ0n) is 15.6. The number of anilines is 1. The molecule has 0 unspecified atom stereocenters. The third kappa shape index (κ3) is 3.72. The summed E-state index contributed by atoms with van der Waals surface area (Å²) in [4.78, 5) is 13.4. The van der Waals surface area contributed by atoms with Crippen LogP contribution < -0.4 is 5.32 Å². The average molecular weight is 357 g/mol. The second-order valence-electron chi connectivity index (χ2n) is 8.66. The van der Waals surface area contributed by atoms with Crippen molar-refractivity contribution >= 4 is 5.95 Å². The third-order valence-electron chi connectivity index (χ3n) is 5.35. The number of hydrogen-bond acceptors (Lipinski definition) is 7. The van der Waals surface area contributed by atoms with Crippen LogP contribution >= 0.6 is 0 Å².